The Morgan fingerprint density at radius 3 is 1.68 bits per heavy atom. The first-order chi connectivity index (χ1) is 15.7. The second-order valence-corrected chi connectivity index (χ2v) is 9.00. The fraction of sp³-hybridized carbons (Fsp3) is 0.565. The van der Waals surface area contributed by atoms with Crippen molar-refractivity contribution in [1.29, 1.82) is 0 Å². The zero-order chi connectivity index (χ0) is 26.2. The monoisotopic (exact) mass is 480 g/mol. The molecule has 0 saturated heterocycles. The van der Waals surface area contributed by atoms with Gasteiger partial charge in [0, 0.05) is 0 Å². The Bertz CT molecular complexity index is 855. The molecule has 11 heteroatoms. The number of carboxylic acids is 1. The van der Waals surface area contributed by atoms with Crippen molar-refractivity contribution in [2.75, 3.05) is 0 Å². The first kappa shape index (κ1) is 28.9. The number of phenolic OH excluding ortho intramolecular Hbond substituents is 1. The molecule has 0 bridgehead atoms. The van der Waals surface area contributed by atoms with Gasteiger partial charge in [0.15, 0.2) is 0 Å². The molecule has 0 aliphatic heterocycles. The van der Waals surface area contributed by atoms with Crippen LogP contribution in [0.25, 0.3) is 0 Å². The summed E-state index contributed by atoms with van der Waals surface area (Å²) in [6.45, 7) is 7.92. The zero-order valence-electron chi connectivity index (χ0n) is 20.1. The van der Waals surface area contributed by atoms with Crippen LogP contribution in [0.3, 0.4) is 0 Å². The average Bonchev–Trinajstić information content (AvgIpc) is 2.74. The molecule has 0 heterocycles. The van der Waals surface area contributed by atoms with Gasteiger partial charge in [0.25, 0.3) is 0 Å². The Morgan fingerprint density at radius 2 is 1.24 bits per heavy atom. The first-order valence-electron chi connectivity index (χ1n) is 11.1. The SMILES string of the molecule is CC(C)C(NC(=O)C(NC(=O)C(NC(=O)C(N)Cc1ccc(O)cc1)C(C)O)C(C)C)C(=O)O. The van der Waals surface area contributed by atoms with Crippen LogP contribution in [0.1, 0.15) is 40.2 Å². The van der Waals surface area contributed by atoms with Crippen LogP contribution in [0.4, 0.5) is 0 Å². The maximum Gasteiger partial charge on any atom is 0.326 e. The number of amides is 3. The minimum atomic E-state index is -1.40. The standard InChI is InChI=1S/C23H36N4O7/c1-11(2)17(21(31)26-18(12(3)4)23(33)34)25-22(32)19(13(5)28)27-20(30)16(24)10-14-6-8-15(29)9-7-14/h6-9,11-13,16-19,28-29H,10,24H2,1-5H3,(H,25,32)(H,26,31)(H,27,30)(H,33,34). The maximum absolute atomic E-state index is 12.9. The smallest absolute Gasteiger partial charge is 0.326 e. The molecule has 190 valence electrons. The van der Waals surface area contributed by atoms with E-state index in [0.29, 0.717) is 5.56 Å². The molecule has 11 nitrogen and oxygen atoms in total. The number of nitrogens with two attached hydrogens (primary N) is 1. The molecule has 5 atom stereocenters. The summed E-state index contributed by atoms with van der Waals surface area (Å²) < 4.78 is 0. The third-order valence-corrected chi connectivity index (χ3v) is 5.27. The van der Waals surface area contributed by atoms with E-state index in [9.17, 15) is 34.5 Å². The van der Waals surface area contributed by atoms with E-state index in [0.717, 1.165) is 0 Å². The van der Waals surface area contributed by atoms with Crippen molar-refractivity contribution in [1.82, 2.24) is 16.0 Å². The van der Waals surface area contributed by atoms with Crippen LogP contribution < -0.4 is 21.7 Å². The van der Waals surface area contributed by atoms with Gasteiger partial charge in [-0.05, 0) is 42.9 Å². The lowest BCUT2D eigenvalue weighted by Gasteiger charge is -2.28. The van der Waals surface area contributed by atoms with E-state index < -0.39 is 59.9 Å². The molecule has 0 aliphatic carbocycles. The van der Waals surface area contributed by atoms with Crippen LogP contribution in [-0.4, -0.2) is 69.3 Å². The molecule has 1 aromatic rings. The predicted octanol–water partition coefficient (Wildman–Crippen LogP) is -0.506. The number of aliphatic hydroxyl groups excluding tert-OH is 1. The second-order valence-electron chi connectivity index (χ2n) is 9.00. The van der Waals surface area contributed by atoms with E-state index in [1.807, 2.05) is 0 Å². The third kappa shape index (κ3) is 8.64. The van der Waals surface area contributed by atoms with Gasteiger partial charge in [0.1, 0.15) is 23.9 Å². The molecule has 0 radical (unpaired) electrons. The van der Waals surface area contributed by atoms with E-state index in [1.165, 1.54) is 19.1 Å². The van der Waals surface area contributed by atoms with Crippen LogP contribution in [-0.2, 0) is 25.6 Å². The molecule has 0 aromatic heterocycles. The summed E-state index contributed by atoms with van der Waals surface area (Å²) >= 11 is 0. The van der Waals surface area contributed by atoms with Crippen LogP contribution in [0.2, 0.25) is 0 Å². The highest BCUT2D eigenvalue weighted by Crippen LogP contribution is 2.11. The Balaban J connectivity index is 2.89. The van der Waals surface area contributed by atoms with Gasteiger partial charge in [-0.1, -0.05) is 39.8 Å². The number of carbonyl (C=O) groups excluding carboxylic acids is 3. The first-order valence-corrected chi connectivity index (χ1v) is 11.1. The van der Waals surface area contributed by atoms with Crippen molar-refractivity contribution in [2.24, 2.45) is 17.6 Å². The number of carbonyl (C=O) groups is 4. The van der Waals surface area contributed by atoms with Crippen molar-refractivity contribution in [2.45, 2.75) is 71.3 Å². The fourth-order valence-electron chi connectivity index (χ4n) is 3.18. The molecule has 1 aromatic carbocycles. The number of phenols is 1. The Hall–Kier alpha value is -3.18. The molecule has 0 aliphatic rings. The van der Waals surface area contributed by atoms with Crippen LogP contribution in [0.5, 0.6) is 5.75 Å². The van der Waals surface area contributed by atoms with Crippen molar-refractivity contribution in [3.8, 4) is 5.75 Å². The average molecular weight is 481 g/mol. The van der Waals surface area contributed by atoms with Gasteiger partial charge in [-0.2, -0.15) is 0 Å². The second kappa shape index (κ2) is 12.9. The molecule has 3 amide bonds. The van der Waals surface area contributed by atoms with Gasteiger partial charge in [-0.3, -0.25) is 14.4 Å². The summed E-state index contributed by atoms with van der Waals surface area (Å²) in [6, 6.07) is 1.45. The van der Waals surface area contributed by atoms with Crippen LogP contribution in [0, 0.1) is 11.8 Å². The quantitative estimate of drug-likeness (QED) is 0.208. The summed E-state index contributed by atoms with van der Waals surface area (Å²) in [4.78, 5) is 49.5. The normalized spacial score (nSPS) is 15.7. The summed E-state index contributed by atoms with van der Waals surface area (Å²) in [5, 5.41) is 36.1. The lowest BCUT2D eigenvalue weighted by Crippen LogP contribution is -2.61. The molecule has 0 saturated carbocycles. The predicted molar refractivity (Wildman–Crippen MR) is 125 cm³/mol. The largest absolute Gasteiger partial charge is 0.508 e. The van der Waals surface area contributed by atoms with Gasteiger partial charge in [0.2, 0.25) is 17.7 Å². The Labute approximate surface area is 199 Å². The van der Waals surface area contributed by atoms with Gasteiger partial charge in [0.05, 0.1) is 12.1 Å². The highest BCUT2D eigenvalue weighted by Gasteiger charge is 2.34. The molecule has 5 unspecified atom stereocenters. The fourth-order valence-corrected chi connectivity index (χ4v) is 3.18. The van der Waals surface area contributed by atoms with Gasteiger partial charge in [-0.15, -0.1) is 0 Å². The van der Waals surface area contributed by atoms with E-state index in [1.54, 1.807) is 39.8 Å². The van der Waals surface area contributed by atoms with E-state index in [2.05, 4.69) is 16.0 Å². The van der Waals surface area contributed by atoms with Crippen molar-refractivity contribution < 1.29 is 34.5 Å². The number of nitrogens with one attached hydrogen (secondary N) is 3. The van der Waals surface area contributed by atoms with Crippen molar-refractivity contribution in [3.63, 3.8) is 0 Å². The van der Waals surface area contributed by atoms with Gasteiger partial charge >= 0.3 is 5.97 Å². The van der Waals surface area contributed by atoms with E-state index in [-0.39, 0.29) is 18.1 Å². The highest BCUT2D eigenvalue weighted by atomic mass is 16.4. The number of benzene rings is 1. The molecule has 8 N–H and O–H groups in total. The van der Waals surface area contributed by atoms with Crippen molar-refractivity contribution >= 4 is 23.7 Å². The highest BCUT2D eigenvalue weighted by molar-refractivity contribution is 5.94. The maximum atomic E-state index is 12.9. The number of aliphatic carboxylic acids is 1. The number of rotatable bonds is 12. The Kier molecular flexibility index (Phi) is 10.9. The number of hydrogen-bond donors (Lipinski definition) is 7. The summed E-state index contributed by atoms with van der Waals surface area (Å²) in [6.07, 6.45) is -1.17. The number of aliphatic hydroxyl groups is 1. The van der Waals surface area contributed by atoms with Crippen LogP contribution >= 0.6 is 0 Å². The summed E-state index contributed by atoms with van der Waals surface area (Å²) in [5.74, 6) is -4.12. The molecule has 0 fully saturated rings. The number of hydrogen-bond acceptors (Lipinski definition) is 7. The molecule has 34 heavy (non-hydrogen) atoms. The lowest BCUT2D eigenvalue weighted by atomic mass is 9.99. The molecule has 1 rings (SSSR count). The Morgan fingerprint density at radius 1 is 0.794 bits per heavy atom. The molecular formula is C23H36N4O7. The zero-order valence-corrected chi connectivity index (χ0v) is 20.1. The number of carboxylic acid groups (broad SMARTS) is 1. The summed E-state index contributed by atoms with van der Waals surface area (Å²) in [7, 11) is 0. The number of aromatic hydroxyl groups is 1. The molecular weight excluding hydrogens is 444 g/mol. The topological polar surface area (TPSA) is 191 Å². The van der Waals surface area contributed by atoms with E-state index >= 15 is 0 Å². The van der Waals surface area contributed by atoms with Gasteiger partial charge < -0.3 is 37.0 Å². The minimum Gasteiger partial charge on any atom is -0.508 e. The van der Waals surface area contributed by atoms with E-state index in [4.69, 9.17) is 5.73 Å². The van der Waals surface area contributed by atoms with Gasteiger partial charge in [-0.25, -0.2) is 4.79 Å². The minimum absolute atomic E-state index is 0.0689. The van der Waals surface area contributed by atoms with Crippen LogP contribution in [0.15, 0.2) is 24.3 Å². The third-order valence-electron chi connectivity index (χ3n) is 5.27. The molecule has 0 spiro atoms. The lowest BCUT2D eigenvalue weighted by molar-refractivity contribution is -0.144. The summed E-state index contributed by atoms with van der Waals surface area (Å²) in [5.41, 5.74) is 6.63. The van der Waals surface area contributed by atoms with Crippen molar-refractivity contribution in [3.05, 3.63) is 29.8 Å².